The highest BCUT2D eigenvalue weighted by molar-refractivity contribution is 7.20. The van der Waals surface area contributed by atoms with Gasteiger partial charge in [-0.1, -0.05) is 24.3 Å². The summed E-state index contributed by atoms with van der Waals surface area (Å²) < 4.78 is 15.1. The number of H-pyrrole nitrogens is 1. The minimum absolute atomic E-state index is 0.0801. The van der Waals surface area contributed by atoms with Crippen LogP contribution in [-0.4, -0.2) is 32.2 Å². The Morgan fingerprint density at radius 1 is 1.19 bits per heavy atom. The number of benzene rings is 2. The molecule has 0 bridgehead atoms. The lowest BCUT2D eigenvalue weighted by Crippen LogP contribution is -2.24. The molecule has 0 radical (unpaired) electrons. The van der Waals surface area contributed by atoms with Crippen molar-refractivity contribution in [1.82, 2.24) is 25.1 Å². The van der Waals surface area contributed by atoms with Gasteiger partial charge < -0.3 is 10.3 Å². The van der Waals surface area contributed by atoms with Crippen molar-refractivity contribution in [2.75, 3.05) is 6.54 Å². The van der Waals surface area contributed by atoms with Crippen LogP contribution >= 0.6 is 11.3 Å². The number of hydrogen-bond donors (Lipinski definition) is 2. The molecule has 0 spiro atoms. The monoisotopic (exact) mass is 447 g/mol. The fourth-order valence-electron chi connectivity index (χ4n) is 3.76. The van der Waals surface area contributed by atoms with Crippen LogP contribution in [0.4, 0.5) is 4.39 Å². The summed E-state index contributed by atoms with van der Waals surface area (Å²) >= 11 is 1.43. The summed E-state index contributed by atoms with van der Waals surface area (Å²) in [5, 5.41) is 8.57. The second-order valence-corrected chi connectivity index (χ2v) is 8.79. The molecule has 2 aromatic carbocycles. The summed E-state index contributed by atoms with van der Waals surface area (Å²) in [5.74, 6) is 0.591. The molecule has 2 N–H and O–H groups in total. The summed E-state index contributed by atoms with van der Waals surface area (Å²) in [5.41, 5.74) is 3.83. The Bertz CT molecular complexity index is 1370. The van der Waals surface area contributed by atoms with Crippen molar-refractivity contribution in [3.8, 4) is 0 Å². The number of carbonyl (C=O) groups excluding carboxylic acids is 1. The number of aromatic nitrogens is 4. The third-order valence-electron chi connectivity index (χ3n) is 5.39. The standard InChI is InChI=1S/C24H22FN5OS/c1-15-18-13-21(32-24(18)30(29-15)14-16-8-10-17(25)11-9-16)23(31)26-12-4-7-22-27-19-5-2-3-6-20(19)28-22/h2-3,5-6,8-11,13H,4,7,12,14H2,1H3,(H,26,31)(H,27,28). The molecule has 0 fully saturated rings. The maximum atomic E-state index is 13.2. The fraction of sp³-hybridized carbons (Fsp3) is 0.208. The maximum absolute atomic E-state index is 13.2. The summed E-state index contributed by atoms with van der Waals surface area (Å²) in [6.45, 7) is 3.04. The van der Waals surface area contributed by atoms with Gasteiger partial charge in [0.15, 0.2) is 0 Å². The first-order chi connectivity index (χ1) is 15.6. The minimum atomic E-state index is -0.258. The zero-order valence-corrected chi connectivity index (χ0v) is 18.4. The zero-order chi connectivity index (χ0) is 22.1. The van der Waals surface area contributed by atoms with Gasteiger partial charge in [0, 0.05) is 18.4 Å². The number of para-hydroxylation sites is 2. The molecular formula is C24H22FN5OS. The summed E-state index contributed by atoms with van der Waals surface area (Å²) in [6.07, 6.45) is 1.57. The summed E-state index contributed by atoms with van der Waals surface area (Å²) in [4.78, 5) is 22.2. The predicted octanol–water partition coefficient (Wildman–Crippen LogP) is 4.83. The topological polar surface area (TPSA) is 75.6 Å². The van der Waals surface area contributed by atoms with Crippen LogP contribution in [-0.2, 0) is 13.0 Å². The van der Waals surface area contributed by atoms with E-state index >= 15 is 0 Å². The van der Waals surface area contributed by atoms with E-state index in [4.69, 9.17) is 0 Å². The molecule has 5 aromatic rings. The van der Waals surface area contributed by atoms with E-state index in [0.29, 0.717) is 18.0 Å². The van der Waals surface area contributed by atoms with E-state index in [1.165, 1.54) is 23.5 Å². The molecule has 162 valence electrons. The normalized spacial score (nSPS) is 11.4. The van der Waals surface area contributed by atoms with E-state index in [-0.39, 0.29) is 11.7 Å². The van der Waals surface area contributed by atoms with Crippen LogP contribution in [0.2, 0.25) is 0 Å². The van der Waals surface area contributed by atoms with Crippen molar-refractivity contribution in [3.63, 3.8) is 0 Å². The lowest BCUT2D eigenvalue weighted by Gasteiger charge is -2.04. The average Bonchev–Trinajstić information content (AvgIpc) is 3.48. The number of imidazole rings is 1. The van der Waals surface area contributed by atoms with Crippen molar-refractivity contribution < 1.29 is 9.18 Å². The van der Waals surface area contributed by atoms with Gasteiger partial charge in [0.25, 0.3) is 5.91 Å². The lowest BCUT2D eigenvalue weighted by molar-refractivity contribution is 0.0957. The first-order valence-electron chi connectivity index (χ1n) is 10.5. The van der Waals surface area contributed by atoms with Crippen LogP contribution < -0.4 is 5.32 Å². The maximum Gasteiger partial charge on any atom is 0.261 e. The lowest BCUT2D eigenvalue weighted by atomic mass is 10.2. The molecule has 0 unspecified atom stereocenters. The van der Waals surface area contributed by atoms with E-state index in [1.54, 1.807) is 12.1 Å². The number of nitrogens with zero attached hydrogens (tertiary/aromatic N) is 3. The van der Waals surface area contributed by atoms with Gasteiger partial charge >= 0.3 is 0 Å². The number of halogens is 1. The SMILES string of the molecule is Cc1nn(Cc2ccc(F)cc2)c2sc(C(=O)NCCCc3nc4ccccc4[nH]3)cc12. The Kier molecular flexibility index (Phi) is 5.45. The zero-order valence-electron chi connectivity index (χ0n) is 17.6. The number of carbonyl (C=O) groups is 1. The minimum Gasteiger partial charge on any atom is -0.351 e. The van der Waals surface area contributed by atoms with Crippen molar-refractivity contribution in [2.45, 2.75) is 26.3 Å². The Labute approximate surface area is 188 Å². The van der Waals surface area contributed by atoms with Gasteiger partial charge in [0.05, 0.1) is 28.1 Å². The summed E-state index contributed by atoms with van der Waals surface area (Å²) in [7, 11) is 0. The third-order valence-corrected chi connectivity index (χ3v) is 6.54. The smallest absolute Gasteiger partial charge is 0.261 e. The van der Waals surface area contributed by atoms with Gasteiger partial charge in [0.2, 0.25) is 0 Å². The number of aromatic amines is 1. The number of rotatable bonds is 7. The molecule has 5 rings (SSSR count). The van der Waals surface area contributed by atoms with Gasteiger partial charge in [-0.3, -0.25) is 9.48 Å². The van der Waals surface area contributed by atoms with Crippen LogP contribution in [0.25, 0.3) is 21.3 Å². The molecule has 0 atom stereocenters. The molecule has 3 heterocycles. The molecule has 0 aliphatic heterocycles. The van der Waals surface area contributed by atoms with Crippen LogP contribution in [0.1, 0.15) is 33.2 Å². The number of amides is 1. The Balaban J connectivity index is 1.22. The van der Waals surface area contributed by atoms with Crippen molar-refractivity contribution in [3.05, 3.63) is 82.4 Å². The molecule has 0 aliphatic carbocycles. The number of hydrogen-bond acceptors (Lipinski definition) is 4. The first-order valence-corrected chi connectivity index (χ1v) is 11.3. The van der Waals surface area contributed by atoms with E-state index in [1.807, 2.05) is 41.9 Å². The first kappa shape index (κ1) is 20.4. The van der Waals surface area contributed by atoms with Gasteiger partial charge in [-0.15, -0.1) is 11.3 Å². The Morgan fingerprint density at radius 3 is 2.81 bits per heavy atom. The van der Waals surface area contributed by atoms with Gasteiger partial charge in [-0.25, -0.2) is 9.37 Å². The highest BCUT2D eigenvalue weighted by Gasteiger charge is 2.16. The number of nitrogens with one attached hydrogen (secondary N) is 2. The van der Waals surface area contributed by atoms with Crippen molar-refractivity contribution in [2.24, 2.45) is 0 Å². The molecule has 0 aliphatic rings. The molecule has 6 nitrogen and oxygen atoms in total. The molecule has 1 amide bonds. The average molecular weight is 448 g/mol. The van der Waals surface area contributed by atoms with Crippen LogP contribution in [0.5, 0.6) is 0 Å². The Morgan fingerprint density at radius 2 is 2.00 bits per heavy atom. The second kappa shape index (κ2) is 8.55. The predicted molar refractivity (Wildman–Crippen MR) is 125 cm³/mol. The highest BCUT2D eigenvalue weighted by Crippen LogP contribution is 2.29. The molecule has 3 aromatic heterocycles. The van der Waals surface area contributed by atoms with Gasteiger partial charge in [0.1, 0.15) is 16.5 Å². The second-order valence-electron chi connectivity index (χ2n) is 7.76. The van der Waals surface area contributed by atoms with Gasteiger partial charge in [-0.2, -0.15) is 5.10 Å². The van der Waals surface area contributed by atoms with E-state index in [9.17, 15) is 9.18 Å². The number of aryl methyl sites for hydroxylation is 2. The van der Waals surface area contributed by atoms with Crippen LogP contribution in [0.15, 0.2) is 54.6 Å². The van der Waals surface area contributed by atoms with E-state index in [2.05, 4.69) is 20.4 Å². The largest absolute Gasteiger partial charge is 0.351 e. The molecule has 0 saturated heterocycles. The molecule has 32 heavy (non-hydrogen) atoms. The Hall–Kier alpha value is -3.52. The quantitative estimate of drug-likeness (QED) is 0.351. The number of fused-ring (bicyclic) bond motifs is 2. The summed E-state index contributed by atoms with van der Waals surface area (Å²) in [6, 6.07) is 16.2. The van der Waals surface area contributed by atoms with E-state index in [0.717, 1.165) is 51.2 Å². The molecular weight excluding hydrogens is 425 g/mol. The molecule has 8 heteroatoms. The number of thiophene rings is 1. The van der Waals surface area contributed by atoms with Crippen LogP contribution in [0, 0.1) is 12.7 Å². The van der Waals surface area contributed by atoms with Gasteiger partial charge in [-0.05, 0) is 49.2 Å². The third kappa shape index (κ3) is 4.13. The molecule has 0 saturated carbocycles. The fourth-order valence-corrected chi connectivity index (χ4v) is 4.84. The highest BCUT2D eigenvalue weighted by atomic mass is 32.1. The van der Waals surface area contributed by atoms with E-state index < -0.39 is 0 Å². The van der Waals surface area contributed by atoms with Crippen LogP contribution in [0.3, 0.4) is 0 Å². The van der Waals surface area contributed by atoms with Crippen molar-refractivity contribution >= 4 is 38.5 Å². The van der Waals surface area contributed by atoms with Crippen molar-refractivity contribution in [1.29, 1.82) is 0 Å².